The van der Waals surface area contributed by atoms with Crippen molar-refractivity contribution < 1.29 is 0 Å². The minimum atomic E-state index is 1.04. The van der Waals surface area contributed by atoms with E-state index >= 15 is 0 Å². The van der Waals surface area contributed by atoms with E-state index < -0.39 is 0 Å². The number of unbranched alkanes of at least 4 members (excludes halogenated alkanes) is 13. The Morgan fingerprint density at radius 1 is 0.594 bits per heavy atom. The summed E-state index contributed by atoms with van der Waals surface area (Å²) < 4.78 is 2.38. The highest BCUT2D eigenvalue weighted by Crippen LogP contribution is 2.15. The van der Waals surface area contributed by atoms with Crippen LogP contribution in [0.2, 0.25) is 0 Å². The molecule has 0 aliphatic carbocycles. The summed E-state index contributed by atoms with van der Waals surface area (Å²) in [6, 6.07) is 10.8. The summed E-state index contributed by atoms with van der Waals surface area (Å²) in [5.74, 6) is 1.31. The van der Waals surface area contributed by atoms with Gasteiger partial charge < -0.3 is 4.57 Å². The topological polar surface area (TPSA) is 17.8 Å². The van der Waals surface area contributed by atoms with Crippen LogP contribution in [0.1, 0.15) is 127 Å². The summed E-state index contributed by atoms with van der Waals surface area (Å²) in [5.41, 5.74) is 2.72. The second-order valence-corrected chi connectivity index (χ2v) is 9.62. The zero-order valence-corrected chi connectivity index (χ0v) is 21.3. The maximum absolute atomic E-state index is 4.97. The predicted molar refractivity (Wildman–Crippen MR) is 140 cm³/mol. The van der Waals surface area contributed by atoms with E-state index in [0.717, 1.165) is 25.8 Å². The van der Waals surface area contributed by atoms with Crippen LogP contribution in [0.5, 0.6) is 0 Å². The van der Waals surface area contributed by atoms with Crippen LogP contribution in [0.15, 0.2) is 36.5 Å². The van der Waals surface area contributed by atoms with Crippen molar-refractivity contribution in [3.8, 4) is 0 Å². The molecule has 1 heterocycles. The number of imidazole rings is 1. The average molecular weight is 439 g/mol. The van der Waals surface area contributed by atoms with Crippen molar-refractivity contribution in [1.82, 2.24) is 9.55 Å². The number of hydrogen-bond donors (Lipinski definition) is 0. The quantitative estimate of drug-likeness (QED) is 0.188. The van der Waals surface area contributed by atoms with Gasteiger partial charge in [0.2, 0.25) is 0 Å². The highest BCUT2D eigenvalue weighted by molar-refractivity contribution is 5.15. The van der Waals surface area contributed by atoms with E-state index in [2.05, 4.69) is 54.9 Å². The number of hydrogen-bond acceptors (Lipinski definition) is 1. The zero-order chi connectivity index (χ0) is 22.7. The SMILES string of the molecule is CCCCCCCCCCCCCCCCc1nc(CCCc2ccccc2)cn1CC. The molecule has 0 radical (unpaired) electrons. The van der Waals surface area contributed by atoms with Crippen LogP contribution in [0.4, 0.5) is 0 Å². The number of benzene rings is 1. The van der Waals surface area contributed by atoms with Gasteiger partial charge in [0.1, 0.15) is 5.82 Å². The highest BCUT2D eigenvalue weighted by Gasteiger charge is 2.07. The second-order valence-electron chi connectivity index (χ2n) is 9.62. The summed E-state index contributed by atoms with van der Waals surface area (Å²) in [4.78, 5) is 4.97. The van der Waals surface area contributed by atoms with Gasteiger partial charge >= 0.3 is 0 Å². The van der Waals surface area contributed by atoms with Crippen molar-refractivity contribution in [3.63, 3.8) is 0 Å². The summed E-state index contributed by atoms with van der Waals surface area (Å²) in [6.45, 7) is 5.58. The Hall–Kier alpha value is -1.57. The molecule has 2 aromatic rings. The van der Waals surface area contributed by atoms with Crippen LogP contribution in [0, 0.1) is 0 Å². The van der Waals surface area contributed by atoms with Gasteiger partial charge in [-0.05, 0) is 38.2 Å². The van der Waals surface area contributed by atoms with Crippen molar-refractivity contribution in [2.75, 3.05) is 0 Å². The molecule has 0 saturated carbocycles. The lowest BCUT2D eigenvalue weighted by molar-refractivity contribution is 0.533. The highest BCUT2D eigenvalue weighted by atomic mass is 15.1. The van der Waals surface area contributed by atoms with Crippen LogP contribution < -0.4 is 0 Å². The molecule has 0 fully saturated rings. The fraction of sp³-hybridized carbons (Fsp3) is 0.700. The first-order valence-corrected chi connectivity index (χ1v) is 13.9. The largest absolute Gasteiger partial charge is 0.335 e. The van der Waals surface area contributed by atoms with E-state index in [4.69, 9.17) is 4.98 Å². The Morgan fingerprint density at radius 3 is 1.72 bits per heavy atom. The first-order valence-electron chi connectivity index (χ1n) is 13.9. The van der Waals surface area contributed by atoms with Gasteiger partial charge in [0, 0.05) is 19.2 Å². The zero-order valence-electron chi connectivity index (χ0n) is 21.3. The maximum Gasteiger partial charge on any atom is 0.108 e. The minimum Gasteiger partial charge on any atom is -0.335 e. The predicted octanol–water partition coefficient (Wildman–Crippen LogP) is 9.10. The van der Waals surface area contributed by atoms with Crippen molar-refractivity contribution in [1.29, 1.82) is 0 Å². The average Bonchev–Trinajstić information content (AvgIpc) is 3.22. The summed E-state index contributed by atoms with van der Waals surface area (Å²) in [5, 5.41) is 0. The van der Waals surface area contributed by atoms with E-state index in [1.807, 2.05) is 0 Å². The molecule has 0 unspecified atom stereocenters. The summed E-state index contributed by atoms with van der Waals surface area (Å²) in [6.07, 6.45) is 26.7. The lowest BCUT2D eigenvalue weighted by Gasteiger charge is -2.05. The Balaban J connectivity index is 1.48. The molecule has 0 aliphatic rings. The number of nitrogens with zero attached hydrogens (tertiary/aromatic N) is 2. The van der Waals surface area contributed by atoms with Gasteiger partial charge in [-0.1, -0.05) is 121 Å². The third-order valence-electron chi connectivity index (χ3n) is 6.74. The molecule has 2 nitrogen and oxygen atoms in total. The Morgan fingerprint density at radius 2 is 1.16 bits per heavy atom. The van der Waals surface area contributed by atoms with Crippen LogP contribution >= 0.6 is 0 Å². The monoisotopic (exact) mass is 438 g/mol. The van der Waals surface area contributed by atoms with Gasteiger partial charge in [0.15, 0.2) is 0 Å². The van der Waals surface area contributed by atoms with Gasteiger partial charge in [-0.15, -0.1) is 0 Å². The molecule has 2 rings (SSSR count). The van der Waals surface area contributed by atoms with E-state index in [9.17, 15) is 0 Å². The molecule has 1 aromatic carbocycles. The van der Waals surface area contributed by atoms with Gasteiger partial charge in [-0.2, -0.15) is 0 Å². The fourth-order valence-electron chi connectivity index (χ4n) is 4.70. The molecule has 0 atom stereocenters. The molecule has 0 aliphatic heterocycles. The minimum absolute atomic E-state index is 1.04. The number of rotatable bonds is 20. The Labute approximate surface area is 199 Å². The van der Waals surface area contributed by atoms with Gasteiger partial charge in [-0.3, -0.25) is 0 Å². The van der Waals surface area contributed by atoms with Gasteiger partial charge in [0.25, 0.3) is 0 Å². The molecule has 0 N–H and O–H groups in total. The molecule has 0 saturated heterocycles. The molecule has 32 heavy (non-hydrogen) atoms. The van der Waals surface area contributed by atoms with E-state index in [1.165, 1.54) is 113 Å². The standard InChI is InChI=1S/C30H50N2/c1-3-5-6-7-8-9-10-11-12-13-14-15-16-20-26-30-31-29(27-32(30)4-2)25-21-24-28-22-18-17-19-23-28/h17-19,22-23,27H,3-16,20-21,24-26H2,1-2H3. The van der Waals surface area contributed by atoms with E-state index in [0.29, 0.717) is 0 Å². The van der Waals surface area contributed by atoms with Crippen molar-refractivity contribution in [2.24, 2.45) is 0 Å². The normalized spacial score (nSPS) is 11.3. The molecule has 0 amide bonds. The molecule has 2 heteroatoms. The summed E-state index contributed by atoms with van der Waals surface area (Å²) >= 11 is 0. The van der Waals surface area contributed by atoms with Crippen molar-refractivity contribution in [3.05, 3.63) is 53.6 Å². The van der Waals surface area contributed by atoms with Crippen LogP contribution in [0.25, 0.3) is 0 Å². The molecular weight excluding hydrogens is 388 g/mol. The first-order chi connectivity index (χ1) is 15.8. The Bertz CT molecular complexity index is 673. The number of aromatic nitrogens is 2. The molecular formula is C30H50N2. The van der Waals surface area contributed by atoms with Crippen LogP contribution in [0.3, 0.4) is 0 Å². The summed E-state index contributed by atoms with van der Waals surface area (Å²) in [7, 11) is 0. The van der Waals surface area contributed by atoms with E-state index in [-0.39, 0.29) is 0 Å². The first kappa shape index (κ1) is 26.7. The smallest absolute Gasteiger partial charge is 0.108 e. The fourth-order valence-corrected chi connectivity index (χ4v) is 4.70. The van der Waals surface area contributed by atoms with Crippen molar-refractivity contribution in [2.45, 2.75) is 136 Å². The third kappa shape index (κ3) is 11.9. The molecule has 0 spiro atoms. The lowest BCUT2D eigenvalue weighted by atomic mass is 10.0. The van der Waals surface area contributed by atoms with E-state index in [1.54, 1.807) is 0 Å². The van der Waals surface area contributed by atoms with Crippen LogP contribution in [-0.2, 0) is 25.8 Å². The molecule has 180 valence electrons. The molecule has 0 bridgehead atoms. The Kier molecular flexibility index (Phi) is 14.9. The maximum atomic E-state index is 4.97. The van der Waals surface area contributed by atoms with Gasteiger partial charge in [-0.25, -0.2) is 4.98 Å². The van der Waals surface area contributed by atoms with Crippen molar-refractivity contribution >= 4 is 0 Å². The lowest BCUT2D eigenvalue weighted by Crippen LogP contribution is -2.00. The third-order valence-corrected chi connectivity index (χ3v) is 6.74. The van der Waals surface area contributed by atoms with Crippen LogP contribution in [-0.4, -0.2) is 9.55 Å². The number of aryl methyl sites for hydroxylation is 4. The second kappa shape index (κ2) is 17.9. The molecule has 1 aromatic heterocycles. The van der Waals surface area contributed by atoms with Gasteiger partial charge in [0.05, 0.1) is 5.69 Å².